The van der Waals surface area contributed by atoms with E-state index in [0.717, 1.165) is 25.7 Å². The van der Waals surface area contributed by atoms with E-state index in [1.165, 1.54) is 138 Å². The van der Waals surface area contributed by atoms with Gasteiger partial charge < -0.3 is 9.80 Å². The molecule has 0 amide bonds. The molecule has 1 fully saturated rings. The van der Waals surface area contributed by atoms with Crippen LogP contribution in [0.25, 0.3) is 29.4 Å². The van der Waals surface area contributed by atoms with Crippen LogP contribution < -0.4 is 9.80 Å². The van der Waals surface area contributed by atoms with Crippen molar-refractivity contribution >= 4 is 72.4 Å². The Labute approximate surface area is 436 Å². The van der Waals surface area contributed by atoms with Crippen molar-refractivity contribution in [2.75, 3.05) is 32.8 Å². The van der Waals surface area contributed by atoms with E-state index in [1.54, 1.807) is 19.6 Å². The SMILES string of the molecule is CCCCS1(CC)c2ccccc2N(c2ccc3c(c2)C2(CCc4ccccc4C2)c2cc(/C=C/c4ccc(N5c6ccccc6S6(CCCC6)c6ccccc65)c5c4CC=CC=C5)ccc2-3)c2ccccc21. The Balaban J connectivity index is 0.867. The molecule has 4 heteroatoms. The molecule has 6 aliphatic rings. The van der Waals surface area contributed by atoms with Gasteiger partial charge in [-0.25, -0.2) is 0 Å². The van der Waals surface area contributed by atoms with E-state index in [-0.39, 0.29) is 5.41 Å². The van der Waals surface area contributed by atoms with Gasteiger partial charge in [0, 0.05) is 36.2 Å². The first kappa shape index (κ1) is 44.9. The molecular weight excluding hydrogens is 921 g/mol. The maximum Gasteiger partial charge on any atom is 0.0586 e. The normalized spacial score (nSPS) is 19.8. The van der Waals surface area contributed by atoms with Crippen molar-refractivity contribution in [2.24, 2.45) is 0 Å². The summed E-state index contributed by atoms with van der Waals surface area (Å²) in [6.45, 7) is 4.78. The minimum absolute atomic E-state index is 0.138. The fraction of sp³-hybridized carbons (Fsp3) is 0.217. The third-order valence-electron chi connectivity index (χ3n) is 17.6. The van der Waals surface area contributed by atoms with Gasteiger partial charge in [0.1, 0.15) is 0 Å². The quantitative estimate of drug-likeness (QED) is 0.140. The molecule has 1 saturated heterocycles. The lowest BCUT2D eigenvalue weighted by Gasteiger charge is -2.49. The van der Waals surface area contributed by atoms with E-state index in [0.29, 0.717) is 0 Å². The molecule has 14 rings (SSSR count). The van der Waals surface area contributed by atoms with Gasteiger partial charge in [-0.1, -0.05) is 160 Å². The maximum atomic E-state index is 2.62. The van der Waals surface area contributed by atoms with Crippen molar-refractivity contribution in [3.05, 3.63) is 233 Å². The Morgan fingerprint density at radius 1 is 0.562 bits per heavy atom. The smallest absolute Gasteiger partial charge is 0.0586 e. The number of unbranched alkanes of at least 4 members (excludes halogenated alkanes) is 1. The number of hydrogen-bond donors (Lipinski definition) is 0. The number of para-hydroxylation sites is 4. The molecular formula is C69H64N2S2. The van der Waals surface area contributed by atoms with E-state index < -0.39 is 20.1 Å². The van der Waals surface area contributed by atoms with Gasteiger partial charge in [0.15, 0.2) is 0 Å². The highest BCUT2D eigenvalue weighted by molar-refractivity contribution is 8.34. The van der Waals surface area contributed by atoms with Crippen LogP contribution in [0.1, 0.15) is 90.5 Å². The molecule has 2 spiro atoms. The highest BCUT2D eigenvalue weighted by atomic mass is 32.3. The average molecular weight is 985 g/mol. The van der Waals surface area contributed by atoms with E-state index in [2.05, 4.69) is 230 Å². The summed E-state index contributed by atoms with van der Waals surface area (Å²) in [7, 11) is -2.27. The summed E-state index contributed by atoms with van der Waals surface area (Å²) in [5, 5.41) is 0. The number of aryl methyl sites for hydroxylation is 1. The van der Waals surface area contributed by atoms with Crippen LogP contribution in [0.2, 0.25) is 0 Å². The fourth-order valence-corrected chi connectivity index (χ4v) is 22.9. The fourth-order valence-electron chi connectivity index (χ4n) is 14.2. The maximum absolute atomic E-state index is 2.62. The molecule has 1 atom stereocenters. The molecule has 0 radical (unpaired) electrons. The van der Waals surface area contributed by atoms with Gasteiger partial charge in [-0.05, 0) is 185 Å². The monoisotopic (exact) mass is 984 g/mol. The molecule has 0 N–H and O–H groups in total. The van der Waals surface area contributed by atoms with Crippen molar-refractivity contribution in [2.45, 2.75) is 90.2 Å². The number of rotatable bonds is 8. The van der Waals surface area contributed by atoms with Crippen LogP contribution in [0.3, 0.4) is 0 Å². The molecule has 0 bridgehead atoms. The van der Waals surface area contributed by atoms with E-state index in [1.807, 2.05) is 0 Å². The Kier molecular flexibility index (Phi) is 10.9. The number of benzene rings is 8. The van der Waals surface area contributed by atoms with Crippen molar-refractivity contribution in [3.63, 3.8) is 0 Å². The second-order valence-electron chi connectivity index (χ2n) is 21.2. The molecule has 0 aromatic heterocycles. The standard InChI is InChI=1S/C69H64N2S2/c1-3-5-43-72(4-2)65-29-15-11-25-61(65)70(62-26-12-16-30-66(62)72)53-37-39-56-55-38-34-49(46-58(55)69(59(56)47-53)42-41-50-21-9-10-22-52(50)48-69)33-35-51-36-40-60(57-24-8-6-7-23-54(51)57)71-63-27-13-17-31-67(63)73(44-19-20-45-73)68-32-18-14-28-64(68)71/h6-18,21-22,24-40,46-47H,3-5,19-20,23,41-45,48H2,1-2H3/b35-33+. The summed E-state index contributed by atoms with van der Waals surface area (Å²) < 4.78 is 0. The molecule has 1 unspecified atom stereocenters. The average Bonchev–Trinajstić information content (AvgIpc) is 3.94. The van der Waals surface area contributed by atoms with Crippen molar-refractivity contribution in [1.29, 1.82) is 0 Å². The van der Waals surface area contributed by atoms with E-state index in [4.69, 9.17) is 0 Å². The zero-order chi connectivity index (χ0) is 48.7. The second kappa shape index (κ2) is 17.7. The summed E-state index contributed by atoms with van der Waals surface area (Å²) >= 11 is 0. The van der Waals surface area contributed by atoms with Crippen molar-refractivity contribution < 1.29 is 0 Å². The predicted molar refractivity (Wildman–Crippen MR) is 315 cm³/mol. The van der Waals surface area contributed by atoms with E-state index >= 15 is 0 Å². The van der Waals surface area contributed by atoms with Crippen molar-refractivity contribution in [3.8, 4) is 11.1 Å². The molecule has 73 heavy (non-hydrogen) atoms. The summed E-state index contributed by atoms with van der Waals surface area (Å²) in [5.41, 5.74) is 21.8. The lowest BCUT2D eigenvalue weighted by atomic mass is 9.66. The highest BCUT2D eigenvalue weighted by Crippen LogP contribution is 2.75. The number of hydrogen-bond acceptors (Lipinski definition) is 2. The first-order valence-electron chi connectivity index (χ1n) is 27.1. The van der Waals surface area contributed by atoms with Crippen LogP contribution in [0.15, 0.2) is 208 Å². The summed E-state index contributed by atoms with van der Waals surface area (Å²) in [5.74, 6) is 5.01. The van der Waals surface area contributed by atoms with Crippen LogP contribution in [0.5, 0.6) is 0 Å². The van der Waals surface area contributed by atoms with Crippen LogP contribution in [-0.2, 0) is 24.7 Å². The van der Waals surface area contributed by atoms with E-state index in [9.17, 15) is 0 Å². The number of allylic oxidation sites excluding steroid dienone is 3. The molecule has 3 heterocycles. The topological polar surface area (TPSA) is 6.48 Å². The Hall–Kier alpha value is -6.72. The molecule has 3 aliphatic heterocycles. The zero-order valence-electron chi connectivity index (χ0n) is 42.3. The number of anilines is 6. The Morgan fingerprint density at radius 2 is 1.18 bits per heavy atom. The van der Waals surface area contributed by atoms with Gasteiger partial charge >= 0.3 is 0 Å². The minimum Gasteiger partial charge on any atom is -0.308 e. The second-order valence-corrected chi connectivity index (χ2v) is 28.3. The molecule has 362 valence electrons. The molecule has 3 aliphatic carbocycles. The largest absolute Gasteiger partial charge is 0.308 e. The first-order chi connectivity index (χ1) is 36.0. The van der Waals surface area contributed by atoms with Crippen molar-refractivity contribution in [1.82, 2.24) is 0 Å². The first-order valence-corrected chi connectivity index (χ1v) is 31.1. The third kappa shape index (κ3) is 6.79. The van der Waals surface area contributed by atoms with Gasteiger partial charge in [0.25, 0.3) is 0 Å². The highest BCUT2D eigenvalue weighted by Gasteiger charge is 2.47. The summed E-state index contributed by atoms with van der Waals surface area (Å²) in [6.07, 6.45) is 23.1. The van der Waals surface area contributed by atoms with Gasteiger partial charge in [-0.15, -0.1) is 0 Å². The number of nitrogens with zero attached hydrogens (tertiary/aromatic N) is 2. The van der Waals surface area contributed by atoms with Gasteiger partial charge in [0.05, 0.1) is 28.4 Å². The van der Waals surface area contributed by atoms with Crippen LogP contribution in [0.4, 0.5) is 34.1 Å². The van der Waals surface area contributed by atoms with Crippen LogP contribution in [-0.4, -0.2) is 23.0 Å². The summed E-state index contributed by atoms with van der Waals surface area (Å²) in [6, 6.07) is 66.5. The lowest BCUT2D eigenvalue weighted by Crippen LogP contribution is -2.33. The minimum atomic E-state index is -1.20. The number of fused-ring (bicyclic) bond motifs is 13. The third-order valence-corrected chi connectivity index (χ3v) is 26.3. The Morgan fingerprint density at radius 3 is 1.86 bits per heavy atom. The van der Waals surface area contributed by atoms with Crippen LogP contribution >= 0.6 is 20.1 Å². The van der Waals surface area contributed by atoms with Gasteiger partial charge in [-0.3, -0.25) is 0 Å². The lowest BCUT2D eigenvalue weighted by molar-refractivity contribution is 0.454. The zero-order valence-corrected chi connectivity index (χ0v) is 44.0. The Bertz CT molecular complexity index is 3510. The molecule has 0 saturated carbocycles. The summed E-state index contributed by atoms with van der Waals surface area (Å²) in [4.78, 5) is 11.4. The molecule has 8 aromatic carbocycles. The van der Waals surface area contributed by atoms with Crippen LogP contribution in [0, 0.1) is 0 Å². The van der Waals surface area contributed by atoms with Gasteiger partial charge in [0.2, 0.25) is 0 Å². The molecule has 8 aromatic rings. The van der Waals surface area contributed by atoms with Gasteiger partial charge in [-0.2, -0.15) is 20.1 Å². The predicted octanol–water partition coefficient (Wildman–Crippen LogP) is 19.1. The molecule has 2 nitrogen and oxygen atoms in total.